The zero-order chi connectivity index (χ0) is 12.1. The molecular weight excluding hydrogens is 208 g/mol. The Kier molecular flexibility index (Phi) is 4.22. The quantitative estimate of drug-likeness (QED) is 0.660. The molecule has 0 aliphatic carbocycles. The van der Waals surface area contributed by atoms with Crippen LogP contribution in [0.4, 0.5) is 0 Å². The number of rotatable bonds is 4. The van der Waals surface area contributed by atoms with Crippen LogP contribution < -0.4 is 0 Å². The summed E-state index contributed by atoms with van der Waals surface area (Å²) in [6.07, 6.45) is 1.63. The van der Waals surface area contributed by atoms with E-state index in [-0.39, 0.29) is 12.4 Å². The Balaban J connectivity index is 2.97. The molecule has 4 heteroatoms. The second-order valence-corrected chi connectivity index (χ2v) is 3.41. The molecule has 3 N–H and O–H groups in total. The van der Waals surface area contributed by atoms with Crippen molar-refractivity contribution in [1.82, 2.24) is 0 Å². The Labute approximate surface area is 93.5 Å². The zero-order valence-electron chi connectivity index (χ0n) is 8.92. The number of benzene rings is 1. The van der Waals surface area contributed by atoms with E-state index >= 15 is 0 Å². The maximum absolute atomic E-state index is 11.1. The molecule has 0 bridgehead atoms. The molecule has 1 atom stereocenters. The summed E-state index contributed by atoms with van der Waals surface area (Å²) in [5, 5.41) is 27.5. The first-order valence-corrected chi connectivity index (χ1v) is 4.88. The highest BCUT2D eigenvalue weighted by Gasteiger charge is 2.06. The largest absolute Gasteiger partial charge is 0.508 e. The predicted molar refractivity (Wildman–Crippen MR) is 59.8 cm³/mol. The lowest BCUT2D eigenvalue weighted by molar-refractivity contribution is -0.121. The second kappa shape index (κ2) is 5.44. The Morgan fingerprint density at radius 2 is 2.19 bits per heavy atom. The molecule has 16 heavy (non-hydrogen) atoms. The number of ketones is 1. The highest BCUT2D eigenvalue weighted by Crippen LogP contribution is 2.21. The van der Waals surface area contributed by atoms with Crippen molar-refractivity contribution >= 4 is 11.9 Å². The van der Waals surface area contributed by atoms with Crippen LogP contribution in [-0.2, 0) is 11.4 Å². The van der Waals surface area contributed by atoms with Gasteiger partial charge >= 0.3 is 0 Å². The monoisotopic (exact) mass is 222 g/mol. The summed E-state index contributed by atoms with van der Waals surface area (Å²) in [6, 6.07) is 4.73. The molecule has 0 unspecified atom stereocenters. The molecule has 0 heterocycles. The third kappa shape index (κ3) is 2.92. The second-order valence-electron chi connectivity index (χ2n) is 3.41. The normalized spacial score (nSPS) is 12.9. The molecule has 0 saturated carbocycles. The number of aliphatic hydroxyl groups excluding tert-OH is 2. The Morgan fingerprint density at radius 3 is 2.75 bits per heavy atom. The van der Waals surface area contributed by atoms with Crippen molar-refractivity contribution in [2.24, 2.45) is 0 Å². The van der Waals surface area contributed by atoms with Gasteiger partial charge in [-0.15, -0.1) is 0 Å². The fourth-order valence-electron chi connectivity index (χ4n) is 1.23. The summed E-state index contributed by atoms with van der Waals surface area (Å²) in [7, 11) is 0. The Hall–Kier alpha value is -1.65. The fourth-order valence-corrected chi connectivity index (χ4v) is 1.23. The van der Waals surface area contributed by atoms with Gasteiger partial charge in [-0.1, -0.05) is 18.2 Å². The average Bonchev–Trinajstić information content (AvgIpc) is 2.25. The molecule has 0 aromatic heterocycles. The number of hydrogen-bond acceptors (Lipinski definition) is 4. The van der Waals surface area contributed by atoms with Gasteiger partial charge in [0.2, 0.25) is 0 Å². The first-order valence-electron chi connectivity index (χ1n) is 4.88. The zero-order valence-corrected chi connectivity index (χ0v) is 8.92. The number of carbonyl (C=O) groups excluding carboxylic acids is 1. The van der Waals surface area contributed by atoms with E-state index < -0.39 is 11.9 Å². The highest BCUT2D eigenvalue weighted by atomic mass is 16.3. The van der Waals surface area contributed by atoms with E-state index in [0.717, 1.165) is 0 Å². The van der Waals surface area contributed by atoms with Gasteiger partial charge in [-0.25, -0.2) is 0 Å². The van der Waals surface area contributed by atoms with Gasteiger partial charge in [0.15, 0.2) is 5.78 Å². The lowest BCUT2D eigenvalue weighted by atomic mass is 10.1. The van der Waals surface area contributed by atoms with Crippen LogP contribution in [0.5, 0.6) is 5.75 Å². The molecule has 0 aliphatic heterocycles. The minimum atomic E-state index is -1.05. The molecule has 0 spiro atoms. The Bertz CT molecular complexity index is 407. The number of phenols is 1. The lowest BCUT2D eigenvalue weighted by Gasteiger charge is -2.05. The third-order valence-electron chi connectivity index (χ3n) is 2.18. The number of carbonyl (C=O) groups is 1. The standard InChI is InChI=1S/C12H14O4/c1-8(14)11(15)6-5-9-3-2-4-12(16)10(9)7-13/h2-6,8,13-14,16H,7H2,1H3/b6-5-/t8-/m1/s1. The number of aromatic hydroxyl groups is 1. The molecule has 4 nitrogen and oxygen atoms in total. The van der Waals surface area contributed by atoms with E-state index in [9.17, 15) is 9.90 Å². The highest BCUT2D eigenvalue weighted by molar-refractivity contribution is 5.96. The molecule has 1 aromatic rings. The van der Waals surface area contributed by atoms with E-state index in [1.54, 1.807) is 12.1 Å². The van der Waals surface area contributed by atoms with Crippen molar-refractivity contribution in [1.29, 1.82) is 0 Å². The van der Waals surface area contributed by atoms with Crippen molar-refractivity contribution in [2.75, 3.05) is 0 Å². The molecular formula is C12H14O4. The van der Waals surface area contributed by atoms with Gasteiger partial charge < -0.3 is 15.3 Å². The SMILES string of the molecule is C[C@@H](O)C(=O)/C=C\c1cccc(O)c1CO. The minimum Gasteiger partial charge on any atom is -0.508 e. The van der Waals surface area contributed by atoms with E-state index in [2.05, 4.69) is 0 Å². The van der Waals surface area contributed by atoms with Gasteiger partial charge in [-0.2, -0.15) is 0 Å². The number of aliphatic hydroxyl groups is 2. The first kappa shape index (κ1) is 12.4. The van der Waals surface area contributed by atoms with Crippen LogP contribution in [0.1, 0.15) is 18.1 Å². The van der Waals surface area contributed by atoms with Gasteiger partial charge in [0.05, 0.1) is 6.61 Å². The van der Waals surface area contributed by atoms with Crippen LogP contribution in [-0.4, -0.2) is 27.2 Å². The minimum absolute atomic E-state index is 0.0193. The maximum atomic E-state index is 11.1. The predicted octanol–water partition coefficient (Wildman–Crippen LogP) is 0.848. The molecule has 1 rings (SSSR count). The van der Waals surface area contributed by atoms with Crippen molar-refractivity contribution in [2.45, 2.75) is 19.6 Å². The number of hydrogen-bond donors (Lipinski definition) is 3. The van der Waals surface area contributed by atoms with Crippen LogP contribution in [0.25, 0.3) is 6.08 Å². The summed E-state index contributed by atoms with van der Waals surface area (Å²) in [6.45, 7) is 1.07. The summed E-state index contributed by atoms with van der Waals surface area (Å²) < 4.78 is 0. The van der Waals surface area contributed by atoms with Crippen molar-refractivity contribution < 1.29 is 20.1 Å². The first-order chi connectivity index (χ1) is 7.56. The lowest BCUT2D eigenvalue weighted by Crippen LogP contribution is -2.12. The van der Waals surface area contributed by atoms with Gasteiger partial charge in [0.1, 0.15) is 11.9 Å². The topological polar surface area (TPSA) is 77.8 Å². The van der Waals surface area contributed by atoms with Gasteiger partial charge in [0, 0.05) is 5.56 Å². The van der Waals surface area contributed by atoms with E-state index in [4.69, 9.17) is 10.2 Å². The van der Waals surface area contributed by atoms with Crippen molar-refractivity contribution in [3.8, 4) is 5.75 Å². The fraction of sp³-hybridized carbons (Fsp3) is 0.250. The molecule has 0 amide bonds. The summed E-state index contributed by atoms with van der Waals surface area (Å²) in [5.74, 6) is -0.443. The maximum Gasteiger partial charge on any atom is 0.183 e. The van der Waals surface area contributed by atoms with Gasteiger partial charge in [-0.05, 0) is 24.6 Å². The van der Waals surface area contributed by atoms with Crippen LogP contribution in [0.2, 0.25) is 0 Å². The van der Waals surface area contributed by atoms with E-state index in [1.165, 1.54) is 25.1 Å². The average molecular weight is 222 g/mol. The van der Waals surface area contributed by atoms with E-state index in [0.29, 0.717) is 11.1 Å². The molecule has 0 radical (unpaired) electrons. The molecule has 0 aliphatic rings. The summed E-state index contributed by atoms with van der Waals surface area (Å²) in [4.78, 5) is 11.1. The van der Waals surface area contributed by atoms with Crippen molar-refractivity contribution in [3.05, 3.63) is 35.4 Å². The van der Waals surface area contributed by atoms with Crippen molar-refractivity contribution in [3.63, 3.8) is 0 Å². The van der Waals surface area contributed by atoms with Crippen LogP contribution in [0.3, 0.4) is 0 Å². The molecule has 86 valence electrons. The molecule has 1 aromatic carbocycles. The Morgan fingerprint density at radius 1 is 1.50 bits per heavy atom. The summed E-state index contributed by atoms with van der Waals surface area (Å²) >= 11 is 0. The summed E-state index contributed by atoms with van der Waals surface area (Å²) in [5.41, 5.74) is 0.911. The van der Waals surface area contributed by atoms with E-state index in [1.807, 2.05) is 0 Å². The molecule has 0 saturated heterocycles. The smallest absolute Gasteiger partial charge is 0.183 e. The van der Waals surface area contributed by atoms with Crippen LogP contribution in [0.15, 0.2) is 24.3 Å². The van der Waals surface area contributed by atoms with Gasteiger partial charge in [-0.3, -0.25) is 4.79 Å². The molecule has 0 fully saturated rings. The van der Waals surface area contributed by atoms with Crippen LogP contribution in [0, 0.1) is 0 Å². The van der Waals surface area contributed by atoms with Crippen LogP contribution >= 0.6 is 0 Å². The van der Waals surface area contributed by atoms with Gasteiger partial charge in [0.25, 0.3) is 0 Å². The third-order valence-corrected chi connectivity index (χ3v) is 2.18.